The molecule has 0 aromatic heterocycles. The molecule has 3 fully saturated rings. The van der Waals surface area contributed by atoms with E-state index in [1.165, 1.54) is 4.90 Å². The summed E-state index contributed by atoms with van der Waals surface area (Å²) in [7, 11) is -4.32. The van der Waals surface area contributed by atoms with Crippen LogP contribution in [-0.4, -0.2) is 47.6 Å². The van der Waals surface area contributed by atoms with Crippen molar-refractivity contribution in [2.75, 3.05) is 6.54 Å². The summed E-state index contributed by atoms with van der Waals surface area (Å²) in [6, 6.07) is -0.888. The summed E-state index contributed by atoms with van der Waals surface area (Å²) in [5.74, 6) is 0. The van der Waals surface area contributed by atoms with Gasteiger partial charge in [0.1, 0.15) is 0 Å². The van der Waals surface area contributed by atoms with Gasteiger partial charge < -0.3 is 0 Å². The molecule has 0 aromatic rings. The van der Waals surface area contributed by atoms with Crippen LogP contribution >= 0.6 is 23.2 Å². The van der Waals surface area contributed by atoms with Crippen molar-refractivity contribution in [1.29, 1.82) is 0 Å². The molecule has 2 amide bonds. The van der Waals surface area contributed by atoms with Crippen molar-refractivity contribution in [3.05, 3.63) is 0 Å². The lowest BCUT2D eigenvalue weighted by atomic mass is 9.99. The molecule has 3 aliphatic heterocycles. The Labute approximate surface area is 107 Å². The molecule has 0 aliphatic carbocycles. The fourth-order valence-corrected chi connectivity index (χ4v) is 4.09. The predicted molar refractivity (Wildman–Crippen MR) is 56.3 cm³/mol. The van der Waals surface area contributed by atoms with Crippen LogP contribution in [-0.2, 0) is 18.9 Å². The average molecular weight is 303 g/mol. The molecule has 3 heterocycles. The Morgan fingerprint density at radius 1 is 1.47 bits per heavy atom. The minimum absolute atomic E-state index is 0.250. The highest BCUT2D eigenvalue weighted by Crippen LogP contribution is 2.46. The van der Waals surface area contributed by atoms with Gasteiger partial charge in [-0.25, -0.2) is 8.98 Å². The van der Waals surface area contributed by atoms with Crippen LogP contribution in [0.3, 0.4) is 0 Å². The molecule has 10 heteroatoms. The van der Waals surface area contributed by atoms with Crippen molar-refractivity contribution >= 4 is 39.6 Å². The van der Waals surface area contributed by atoms with Gasteiger partial charge in [-0.05, 0) is 6.42 Å². The number of amides is 2. The number of urea groups is 1. The Bertz CT molecular complexity index is 483. The Morgan fingerprint density at radius 2 is 2.18 bits per heavy atom. The summed E-state index contributed by atoms with van der Waals surface area (Å²) in [5, 5.41) is 0.820. The van der Waals surface area contributed by atoms with Gasteiger partial charge in [0.25, 0.3) is 0 Å². The SMILES string of the molecule is O=C1N2OS(=O)(=O)O[C@]3(C(Cl)Cl)CC[C@@H]2CN13. The van der Waals surface area contributed by atoms with Gasteiger partial charge >= 0.3 is 16.4 Å². The molecule has 3 rings (SSSR count). The zero-order chi connectivity index (χ0) is 12.4. The van der Waals surface area contributed by atoms with Gasteiger partial charge in [0.15, 0.2) is 10.6 Å². The molecule has 17 heavy (non-hydrogen) atoms. The zero-order valence-electron chi connectivity index (χ0n) is 8.38. The Kier molecular flexibility index (Phi) is 2.35. The molecule has 0 saturated carbocycles. The van der Waals surface area contributed by atoms with Crippen molar-refractivity contribution < 1.29 is 21.7 Å². The first-order valence-corrected chi connectivity index (χ1v) is 7.10. The largest absolute Gasteiger partial charge is 0.423 e. The average Bonchev–Trinajstić information content (AvgIpc) is 2.40. The molecule has 7 nitrogen and oxygen atoms in total. The Balaban J connectivity index is 2.16. The standard InChI is InChI=1S/C7H8Cl2N2O5S/c8-5(9)7-2-1-4-3-10(7)6(12)11(4)16-17(13,14)15-7/h4-5H,1-3H2/t4-,7+/m1/s1. The Hall–Kier alpha value is -0.280. The van der Waals surface area contributed by atoms with Crippen LogP contribution < -0.4 is 0 Å². The second kappa shape index (κ2) is 3.39. The van der Waals surface area contributed by atoms with Gasteiger partial charge in [-0.3, -0.25) is 4.90 Å². The van der Waals surface area contributed by atoms with E-state index < -0.39 is 27.0 Å². The zero-order valence-corrected chi connectivity index (χ0v) is 10.7. The summed E-state index contributed by atoms with van der Waals surface area (Å²) < 4.78 is 32.5. The number of rotatable bonds is 1. The van der Waals surface area contributed by atoms with E-state index in [0.29, 0.717) is 13.0 Å². The normalized spacial score (nSPS) is 39.0. The van der Waals surface area contributed by atoms with Crippen molar-refractivity contribution in [3.8, 4) is 0 Å². The van der Waals surface area contributed by atoms with Crippen LogP contribution in [0.1, 0.15) is 12.8 Å². The summed E-state index contributed by atoms with van der Waals surface area (Å²) in [6.45, 7) is 0.296. The number of fused-ring (bicyclic) bond motifs is 3. The van der Waals surface area contributed by atoms with E-state index >= 15 is 0 Å². The van der Waals surface area contributed by atoms with Gasteiger partial charge in [0.2, 0.25) is 0 Å². The Morgan fingerprint density at radius 3 is 2.82 bits per heavy atom. The third-order valence-electron chi connectivity index (χ3n) is 3.20. The first-order chi connectivity index (χ1) is 7.86. The highest BCUT2D eigenvalue weighted by atomic mass is 35.5. The van der Waals surface area contributed by atoms with Crippen molar-refractivity contribution in [1.82, 2.24) is 9.96 Å². The third kappa shape index (κ3) is 1.48. The molecule has 0 N–H and O–H groups in total. The number of nitrogens with zero attached hydrogens (tertiary/aromatic N) is 2. The van der Waals surface area contributed by atoms with Crippen LogP contribution in [0.5, 0.6) is 0 Å². The maximum Gasteiger partial charge on any atom is 0.423 e. The molecule has 3 saturated heterocycles. The highest BCUT2D eigenvalue weighted by molar-refractivity contribution is 7.81. The monoisotopic (exact) mass is 302 g/mol. The molecule has 3 aliphatic rings. The molecule has 0 unspecified atom stereocenters. The van der Waals surface area contributed by atoms with Gasteiger partial charge in [0, 0.05) is 13.0 Å². The van der Waals surface area contributed by atoms with E-state index in [-0.39, 0.29) is 12.5 Å². The minimum atomic E-state index is -4.32. The number of alkyl halides is 2. The molecule has 0 radical (unpaired) electrons. The molecule has 0 aromatic carbocycles. The quantitative estimate of drug-likeness (QED) is 0.663. The van der Waals surface area contributed by atoms with Crippen molar-refractivity contribution in [3.63, 3.8) is 0 Å². The van der Waals surface area contributed by atoms with Crippen LogP contribution in [0.2, 0.25) is 0 Å². The number of hydrogen-bond acceptors (Lipinski definition) is 5. The molecule has 2 atom stereocenters. The number of carbonyl (C=O) groups is 1. The summed E-state index contributed by atoms with van der Waals surface area (Å²) in [6.07, 6.45) is 0.772. The lowest BCUT2D eigenvalue weighted by Gasteiger charge is -2.42. The van der Waals surface area contributed by atoms with Gasteiger partial charge in [-0.2, -0.15) is 13.5 Å². The van der Waals surface area contributed by atoms with E-state index in [9.17, 15) is 13.2 Å². The van der Waals surface area contributed by atoms with Crippen LogP contribution in [0.4, 0.5) is 4.79 Å². The second-order valence-corrected chi connectivity index (χ2v) is 6.35. The van der Waals surface area contributed by atoms with Crippen molar-refractivity contribution in [2.24, 2.45) is 0 Å². The first-order valence-electron chi connectivity index (χ1n) is 4.90. The number of piperidine rings is 1. The molecular weight excluding hydrogens is 295 g/mol. The maximum absolute atomic E-state index is 11.9. The van der Waals surface area contributed by atoms with Crippen molar-refractivity contribution in [2.45, 2.75) is 29.4 Å². The van der Waals surface area contributed by atoms with E-state index in [1.54, 1.807) is 0 Å². The van der Waals surface area contributed by atoms with E-state index in [4.69, 9.17) is 27.4 Å². The summed E-state index contributed by atoms with van der Waals surface area (Å²) in [5.41, 5.74) is -1.55. The topological polar surface area (TPSA) is 76.1 Å². The van der Waals surface area contributed by atoms with E-state index in [2.05, 4.69) is 4.28 Å². The number of halogens is 2. The summed E-state index contributed by atoms with van der Waals surface area (Å²) >= 11 is 11.6. The molecule has 3 bridgehead atoms. The van der Waals surface area contributed by atoms with E-state index in [0.717, 1.165) is 5.06 Å². The smallest absolute Gasteiger partial charge is 0.288 e. The molecule has 0 spiro atoms. The van der Waals surface area contributed by atoms with Crippen LogP contribution in [0.25, 0.3) is 0 Å². The second-order valence-electron chi connectivity index (χ2n) is 4.12. The fourth-order valence-electron chi connectivity index (χ4n) is 2.40. The lowest BCUT2D eigenvalue weighted by molar-refractivity contribution is -0.102. The predicted octanol–water partition coefficient (Wildman–Crippen LogP) is 0.593. The van der Waals surface area contributed by atoms with Gasteiger partial charge in [0.05, 0.1) is 6.04 Å². The van der Waals surface area contributed by atoms with Crippen LogP contribution in [0, 0.1) is 0 Å². The third-order valence-corrected chi connectivity index (χ3v) is 4.71. The number of hydroxylamine groups is 2. The maximum atomic E-state index is 11.9. The van der Waals surface area contributed by atoms with Crippen LogP contribution in [0.15, 0.2) is 0 Å². The molecular formula is C7H8Cl2N2O5S. The molecule has 96 valence electrons. The first kappa shape index (κ1) is 11.8. The van der Waals surface area contributed by atoms with Gasteiger partial charge in [-0.15, -0.1) is 4.28 Å². The van der Waals surface area contributed by atoms with E-state index in [1.807, 2.05) is 0 Å². The lowest BCUT2D eigenvalue weighted by Crippen LogP contribution is -2.58. The van der Waals surface area contributed by atoms with Gasteiger partial charge in [-0.1, -0.05) is 23.2 Å². The minimum Gasteiger partial charge on any atom is -0.288 e. The fraction of sp³-hybridized carbons (Fsp3) is 0.857. The highest BCUT2D eigenvalue weighted by Gasteiger charge is 2.63. The number of hydrogen-bond donors (Lipinski definition) is 0. The number of carbonyl (C=O) groups excluding carboxylic acids is 1. The summed E-state index contributed by atoms with van der Waals surface area (Å²) in [4.78, 5) is 12.0.